The summed E-state index contributed by atoms with van der Waals surface area (Å²) in [5.41, 5.74) is 7.07. The summed E-state index contributed by atoms with van der Waals surface area (Å²) in [4.78, 5) is 15.9. The highest BCUT2D eigenvalue weighted by Gasteiger charge is 2.10. The molecule has 0 amide bonds. The lowest BCUT2D eigenvalue weighted by atomic mass is 10.1. The van der Waals surface area contributed by atoms with Gasteiger partial charge in [-0.25, -0.2) is 4.98 Å². The van der Waals surface area contributed by atoms with Crippen molar-refractivity contribution < 1.29 is 4.79 Å². The summed E-state index contributed by atoms with van der Waals surface area (Å²) in [7, 11) is 0. The van der Waals surface area contributed by atoms with Crippen molar-refractivity contribution in [1.29, 1.82) is 0 Å². The molecule has 18 heavy (non-hydrogen) atoms. The summed E-state index contributed by atoms with van der Waals surface area (Å²) in [5, 5.41) is 6.67. The zero-order valence-electron chi connectivity index (χ0n) is 10.5. The predicted molar refractivity (Wildman–Crippen MR) is 71.6 cm³/mol. The highest BCUT2D eigenvalue weighted by atomic mass is 32.1. The number of aromatic nitrogens is 3. The van der Waals surface area contributed by atoms with E-state index < -0.39 is 0 Å². The predicted octanol–water partition coefficient (Wildman–Crippen LogP) is 1.86. The van der Waals surface area contributed by atoms with Crippen LogP contribution in [-0.4, -0.2) is 20.5 Å². The molecule has 6 heteroatoms. The summed E-state index contributed by atoms with van der Waals surface area (Å²) in [5.74, 6) is 0.106. The van der Waals surface area contributed by atoms with Gasteiger partial charge in [0.15, 0.2) is 5.13 Å². The van der Waals surface area contributed by atoms with Crippen molar-refractivity contribution in [2.45, 2.75) is 32.7 Å². The SMILES string of the molecule is CC(C)n1ccc(CC(=O)Cc2csc(N)n2)n1. The molecule has 5 nitrogen and oxygen atoms in total. The number of carbonyl (C=O) groups excluding carboxylic acids is 1. The molecular weight excluding hydrogens is 248 g/mol. The summed E-state index contributed by atoms with van der Waals surface area (Å²) in [6, 6.07) is 2.19. The zero-order valence-corrected chi connectivity index (χ0v) is 11.3. The molecule has 2 N–H and O–H groups in total. The van der Waals surface area contributed by atoms with E-state index in [0.717, 1.165) is 11.4 Å². The minimum atomic E-state index is 0.106. The van der Waals surface area contributed by atoms with E-state index in [4.69, 9.17) is 5.73 Å². The van der Waals surface area contributed by atoms with E-state index in [2.05, 4.69) is 23.9 Å². The van der Waals surface area contributed by atoms with E-state index in [1.54, 1.807) is 0 Å². The molecule has 0 aliphatic rings. The molecular formula is C12H16N4OS. The van der Waals surface area contributed by atoms with Gasteiger partial charge >= 0.3 is 0 Å². The van der Waals surface area contributed by atoms with Gasteiger partial charge < -0.3 is 5.73 Å². The summed E-state index contributed by atoms with van der Waals surface area (Å²) >= 11 is 1.36. The molecule has 96 valence electrons. The van der Waals surface area contributed by atoms with Crippen molar-refractivity contribution in [3.63, 3.8) is 0 Å². The van der Waals surface area contributed by atoms with Crippen LogP contribution >= 0.6 is 11.3 Å². The van der Waals surface area contributed by atoms with E-state index >= 15 is 0 Å². The standard InChI is InChI=1S/C12H16N4OS/c1-8(2)16-4-3-9(15-16)5-11(17)6-10-7-18-12(13)14-10/h3-4,7-8H,5-6H2,1-2H3,(H2,13,14). The van der Waals surface area contributed by atoms with Crippen LogP contribution in [0.15, 0.2) is 17.6 Å². The van der Waals surface area contributed by atoms with Gasteiger partial charge in [-0.15, -0.1) is 11.3 Å². The van der Waals surface area contributed by atoms with E-state index in [1.807, 2.05) is 22.3 Å². The van der Waals surface area contributed by atoms with Crippen LogP contribution in [0.5, 0.6) is 0 Å². The Morgan fingerprint density at radius 3 is 2.72 bits per heavy atom. The van der Waals surface area contributed by atoms with E-state index in [9.17, 15) is 4.79 Å². The summed E-state index contributed by atoms with van der Waals surface area (Å²) in [6.07, 6.45) is 2.56. The second kappa shape index (κ2) is 5.30. The maximum atomic E-state index is 11.8. The maximum Gasteiger partial charge on any atom is 0.180 e. The Labute approximate surface area is 110 Å². The number of carbonyl (C=O) groups is 1. The molecule has 0 aliphatic carbocycles. The Kier molecular flexibility index (Phi) is 3.76. The van der Waals surface area contributed by atoms with Gasteiger partial charge in [0.1, 0.15) is 5.78 Å². The number of hydrogen-bond donors (Lipinski definition) is 1. The molecule has 0 aromatic carbocycles. The topological polar surface area (TPSA) is 73.8 Å². The van der Waals surface area contributed by atoms with Crippen molar-refractivity contribution >= 4 is 22.3 Å². The molecule has 0 spiro atoms. The summed E-state index contributed by atoms with van der Waals surface area (Å²) < 4.78 is 1.85. The molecule has 0 aliphatic heterocycles. The smallest absolute Gasteiger partial charge is 0.180 e. The third-order valence-electron chi connectivity index (χ3n) is 2.52. The second-order valence-electron chi connectivity index (χ2n) is 4.45. The van der Waals surface area contributed by atoms with Gasteiger partial charge in [-0.3, -0.25) is 9.48 Å². The Hall–Kier alpha value is -1.69. The molecule has 2 aromatic heterocycles. The number of Topliss-reactive ketones (excluding diaryl/α,β-unsaturated/α-hetero) is 1. The van der Waals surface area contributed by atoms with E-state index in [1.165, 1.54) is 11.3 Å². The van der Waals surface area contributed by atoms with Crippen LogP contribution in [0.4, 0.5) is 5.13 Å². The first kappa shape index (κ1) is 12.8. The average molecular weight is 264 g/mol. The van der Waals surface area contributed by atoms with Gasteiger partial charge in [-0.1, -0.05) is 0 Å². The average Bonchev–Trinajstić information content (AvgIpc) is 2.88. The third-order valence-corrected chi connectivity index (χ3v) is 3.24. The highest BCUT2D eigenvalue weighted by molar-refractivity contribution is 7.13. The van der Waals surface area contributed by atoms with Crippen LogP contribution in [0.3, 0.4) is 0 Å². The fourth-order valence-electron chi connectivity index (χ4n) is 1.63. The molecule has 0 radical (unpaired) electrons. The van der Waals surface area contributed by atoms with Crippen LogP contribution in [0.1, 0.15) is 31.3 Å². The van der Waals surface area contributed by atoms with Gasteiger partial charge in [-0.05, 0) is 19.9 Å². The van der Waals surface area contributed by atoms with Crippen LogP contribution in [-0.2, 0) is 17.6 Å². The Morgan fingerprint density at radius 2 is 2.17 bits per heavy atom. The fourth-order valence-corrected chi connectivity index (χ4v) is 2.19. The molecule has 0 atom stereocenters. The first-order valence-electron chi connectivity index (χ1n) is 5.80. The number of nitrogen functional groups attached to an aromatic ring is 1. The molecule has 0 bridgehead atoms. The van der Waals surface area contributed by atoms with Crippen molar-refractivity contribution in [2.75, 3.05) is 5.73 Å². The molecule has 0 saturated carbocycles. The van der Waals surface area contributed by atoms with Crippen LogP contribution in [0, 0.1) is 0 Å². The number of ketones is 1. The number of anilines is 1. The Bertz CT molecular complexity index is 544. The van der Waals surface area contributed by atoms with Crippen molar-refractivity contribution in [1.82, 2.24) is 14.8 Å². The van der Waals surface area contributed by atoms with Crippen molar-refractivity contribution in [3.05, 3.63) is 29.0 Å². The molecule has 0 saturated heterocycles. The molecule has 0 unspecified atom stereocenters. The number of thiazole rings is 1. The summed E-state index contributed by atoms with van der Waals surface area (Å²) in [6.45, 7) is 4.10. The number of hydrogen-bond acceptors (Lipinski definition) is 5. The van der Waals surface area contributed by atoms with Gasteiger partial charge in [0.05, 0.1) is 24.2 Å². The lowest BCUT2D eigenvalue weighted by molar-refractivity contribution is -0.117. The molecule has 2 heterocycles. The zero-order chi connectivity index (χ0) is 13.1. The van der Waals surface area contributed by atoms with E-state index in [-0.39, 0.29) is 5.78 Å². The number of nitrogens with two attached hydrogens (primary N) is 1. The van der Waals surface area contributed by atoms with Crippen LogP contribution in [0.2, 0.25) is 0 Å². The normalized spacial score (nSPS) is 11.1. The lowest BCUT2D eigenvalue weighted by Crippen LogP contribution is -2.09. The van der Waals surface area contributed by atoms with Gasteiger partial charge in [0, 0.05) is 17.6 Å². The maximum absolute atomic E-state index is 11.8. The molecule has 0 fully saturated rings. The first-order chi connectivity index (χ1) is 8.54. The minimum absolute atomic E-state index is 0.106. The van der Waals surface area contributed by atoms with Gasteiger partial charge in [-0.2, -0.15) is 5.10 Å². The third kappa shape index (κ3) is 3.16. The molecule has 2 aromatic rings. The van der Waals surface area contributed by atoms with Crippen LogP contribution < -0.4 is 5.73 Å². The van der Waals surface area contributed by atoms with Gasteiger partial charge in [0.25, 0.3) is 0 Å². The minimum Gasteiger partial charge on any atom is -0.375 e. The van der Waals surface area contributed by atoms with Gasteiger partial charge in [0.2, 0.25) is 0 Å². The largest absolute Gasteiger partial charge is 0.375 e. The second-order valence-corrected chi connectivity index (χ2v) is 5.34. The van der Waals surface area contributed by atoms with E-state index in [0.29, 0.717) is 24.0 Å². The number of nitrogens with zero attached hydrogens (tertiary/aromatic N) is 3. The quantitative estimate of drug-likeness (QED) is 0.894. The van der Waals surface area contributed by atoms with Crippen molar-refractivity contribution in [3.8, 4) is 0 Å². The monoisotopic (exact) mass is 264 g/mol. The fraction of sp³-hybridized carbons (Fsp3) is 0.417. The molecule has 2 rings (SSSR count). The number of rotatable bonds is 5. The Morgan fingerprint density at radius 1 is 1.44 bits per heavy atom. The lowest BCUT2D eigenvalue weighted by Gasteiger charge is -2.03. The highest BCUT2D eigenvalue weighted by Crippen LogP contribution is 2.12. The first-order valence-corrected chi connectivity index (χ1v) is 6.68. The van der Waals surface area contributed by atoms with Crippen molar-refractivity contribution in [2.24, 2.45) is 0 Å². The Balaban J connectivity index is 1.94. The van der Waals surface area contributed by atoms with Crippen LogP contribution in [0.25, 0.3) is 0 Å².